The van der Waals surface area contributed by atoms with Crippen LogP contribution in [0.5, 0.6) is 5.75 Å². The molecule has 5 heteroatoms. The fourth-order valence-corrected chi connectivity index (χ4v) is 3.23. The summed E-state index contributed by atoms with van der Waals surface area (Å²) in [5.74, 6) is 0.757. The van der Waals surface area contributed by atoms with E-state index in [-0.39, 0.29) is 6.04 Å². The largest absolute Gasteiger partial charge is 0.496 e. The van der Waals surface area contributed by atoms with Crippen molar-refractivity contribution in [3.8, 4) is 16.3 Å². The fraction of sp³-hybridized carbons (Fsp3) is 0.400. The molecule has 0 fully saturated rings. The Bertz CT molecular complexity index is 571. The molecule has 0 saturated heterocycles. The van der Waals surface area contributed by atoms with Crippen molar-refractivity contribution in [3.05, 3.63) is 34.3 Å². The Morgan fingerprint density at radius 1 is 1.45 bits per heavy atom. The monoisotopic (exact) mass is 310 g/mol. The second kappa shape index (κ2) is 7.07. The summed E-state index contributed by atoms with van der Waals surface area (Å²) in [7, 11) is 1.65. The van der Waals surface area contributed by atoms with Crippen LogP contribution in [0.1, 0.15) is 32.0 Å². The number of rotatable bonds is 6. The third-order valence-corrected chi connectivity index (χ3v) is 4.27. The number of thiazole rings is 1. The Morgan fingerprint density at radius 2 is 2.25 bits per heavy atom. The summed E-state index contributed by atoms with van der Waals surface area (Å²) in [5, 5.41) is 7.07. The minimum absolute atomic E-state index is 0.244. The minimum Gasteiger partial charge on any atom is -0.496 e. The van der Waals surface area contributed by atoms with Gasteiger partial charge in [-0.3, -0.25) is 0 Å². The average molecular weight is 311 g/mol. The van der Waals surface area contributed by atoms with Crippen molar-refractivity contribution in [3.63, 3.8) is 0 Å². The highest BCUT2D eigenvalue weighted by Gasteiger charge is 2.16. The van der Waals surface area contributed by atoms with E-state index < -0.39 is 0 Å². The molecule has 3 nitrogen and oxygen atoms in total. The average Bonchev–Trinajstić information content (AvgIpc) is 2.93. The Balaban J connectivity index is 2.29. The zero-order valence-corrected chi connectivity index (χ0v) is 13.5. The van der Waals surface area contributed by atoms with Gasteiger partial charge < -0.3 is 10.1 Å². The molecule has 0 spiro atoms. The maximum Gasteiger partial charge on any atom is 0.130 e. The molecule has 2 aromatic rings. The topological polar surface area (TPSA) is 34.1 Å². The van der Waals surface area contributed by atoms with Crippen LogP contribution in [0.2, 0.25) is 5.02 Å². The second-order valence-corrected chi connectivity index (χ2v) is 5.84. The van der Waals surface area contributed by atoms with Crippen LogP contribution in [0, 0.1) is 0 Å². The van der Waals surface area contributed by atoms with E-state index in [1.54, 1.807) is 18.4 Å². The lowest BCUT2D eigenvalue weighted by Gasteiger charge is -2.10. The van der Waals surface area contributed by atoms with E-state index in [2.05, 4.69) is 24.5 Å². The number of hydrogen-bond donors (Lipinski definition) is 1. The Morgan fingerprint density at radius 3 is 2.95 bits per heavy atom. The summed E-state index contributed by atoms with van der Waals surface area (Å²) in [6.07, 6.45) is 1.11. The predicted molar refractivity (Wildman–Crippen MR) is 85.8 cm³/mol. The van der Waals surface area contributed by atoms with Crippen LogP contribution in [-0.2, 0) is 0 Å². The maximum absolute atomic E-state index is 6.29. The molecule has 1 N–H and O–H groups in total. The number of ether oxygens (including phenoxy) is 1. The summed E-state index contributed by atoms with van der Waals surface area (Å²) in [6.45, 7) is 5.27. The minimum atomic E-state index is 0.244. The molecular weight excluding hydrogens is 292 g/mol. The van der Waals surface area contributed by atoms with E-state index in [4.69, 9.17) is 21.3 Å². The van der Waals surface area contributed by atoms with Gasteiger partial charge in [-0.25, -0.2) is 4.98 Å². The Labute approximate surface area is 129 Å². The summed E-state index contributed by atoms with van der Waals surface area (Å²) in [5.41, 5.74) is 1.91. The van der Waals surface area contributed by atoms with Gasteiger partial charge in [0, 0.05) is 11.4 Å². The van der Waals surface area contributed by atoms with E-state index in [9.17, 15) is 0 Å². The molecule has 0 saturated carbocycles. The fourth-order valence-electron chi connectivity index (χ4n) is 1.95. The lowest BCUT2D eigenvalue weighted by Crippen LogP contribution is -2.19. The Hall–Kier alpha value is -1.10. The van der Waals surface area contributed by atoms with Gasteiger partial charge in [-0.1, -0.05) is 24.6 Å². The van der Waals surface area contributed by atoms with E-state index >= 15 is 0 Å². The number of nitrogens with zero attached hydrogens (tertiary/aromatic N) is 1. The predicted octanol–water partition coefficient (Wildman–Crippen LogP) is 4.53. The zero-order valence-electron chi connectivity index (χ0n) is 11.9. The molecule has 1 aromatic heterocycles. The van der Waals surface area contributed by atoms with Crippen molar-refractivity contribution in [1.29, 1.82) is 0 Å². The van der Waals surface area contributed by atoms with Crippen molar-refractivity contribution in [2.75, 3.05) is 13.7 Å². The van der Waals surface area contributed by atoms with Crippen LogP contribution < -0.4 is 10.1 Å². The number of halogens is 1. The summed E-state index contributed by atoms with van der Waals surface area (Å²) < 4.78 is 5.38. The number of hydrogen-bond acceptors (Lipinski definition) is 4. The first-order valence-corrected chi connectivity index (χ1v) is 7.94. The highest BCUT2D eigenvalue weighted by Crippen LogP contribution is 2.38. The van der Waals surface area contributed by atoms with Crippen LogP contribution in [0.3, 0.4) is 0 Å². The first-order valence-electron chi connectivity index (χ1n) is 6.69. The van der Waals surface area contributed by atoms with E-state index in [0.29, 0.717) is 5.02 Å². The molecule has 1 atom stereocenters. The molecule has 0 aliphatic rings. The highest BCUT2D eigenvalue weighted by molar-refractivity contribution is 7.13. The van der Waals surface area contributed by atoms with Crippen LogP contribution >= 0.6 is 22.9 Å². The van der Waals surface area contributed by atoms with Gasteiger partial charge in [-0.2, -0.15) is 0 Å². The van der Waals surface area contributed by atoms with Crippen LogP contribution in [0.15, 0.2) is 23.6 Å². The van der Waals surface area contributed by atoms with Crippen LogP contribution in [-0.4, -0.2) is 18.6 Å². The smallest absolute Gasteiger partial charge is 0.130 e. The molecule has 1 unspecified atom stereocenters. The molecule has 0 aliphatic heterocycles. The third-order valence-electron chi connectivity index (χ3n) is 3.08. The standard InChI is InChI=1S/C15H19ClN2OS/c1-4-8-17-10(2)12-9-20-15(18-12)14-11(16)6-5-7-13(14)19-3/h5-7,9-10,17H,4,8H2,1-3H3. The van der Waals surface area contributed by atoms with Gasteiger partial charge in [0.25, 0.3) is 0 Å². The summed E-state index contributed by atoms with van der Waals surface area (Å²) >= 11 is 7.88. The van der Waals surface area contributed by atoms with Gasteiger partial charge >= 0.3 is 0 Å². The zero-order chi connectivity index (χ0) is 14.5. The van der Waals surface area contributed by atoms with Crippen molar-refractivity contribution in [2.24, 2.45) is 0 Å². The van der Waals surface area contributed by atoms with Crippen molar-refractivity contribution >= 4 is 22.9 Å². The molecule has 20 heavy (non-hydrogen) atoms. The molecule has 0 bridgehead atoms. The maximum atomic E-state index is 6.29. The first-order chi connectivity index (χ1) is 9.67. The van der Waals surface area contributed by atoms with Crippen LogP contribution in [0.4, 0.5) is 0 Å². The number of aromatic nitrogens is 1. The number of methoxy groups -OCH3 is 1. The highest BCUT2D eigenvalue weighted by atomic mass is 35.5. The van der Waals surface area contributed by atoms with E-state index in [1.165, 1.54) is 0 Å². The van der Waals surface area contributed by atoms with E-state index in [0.717, 1.165) is 35.0 Å². The molecule has 1 aromatic carbocycles. The molecule has 0 amide bonds. The lowest BCUT2D eigenvalue weighted by molar-refractivity contribution is 0.416. The van der Waals surface area contributed by atoms with Crippen molar-refractivity contribution < 1.29 is 4.74 Å². The third kappa shape index (κ3) is 3.32. The summed E-state index contributed by atoms with van der Waals surface area (Å²) in [4.78, 5) is 4.69. The molecule has 2 rings (SSSR count). The van der Waals surface area contributed by atoms with Crippen molar-refractivity contribution in [1.82, 2.24) is 10.3 Å². The normalized spacial score (nSPS) is 12.4. The quantitative estimate of drug-likeness (QED) is 0.851. The van der Waals surface area contributed by atoms with Gasteiger partial charge in [0.2, 0.25) is 0 Å². The molecule has 1 heterocycles. The Kier molecular flexibility index (Phi) is 5.40. The van der Waals surface area contributed by atoms with Gasteiger partial charge in [-0.05, 0) is 32.0 Å². The SMILES string of the molecule is CCCNC(C)c1csc(-c2c(Cl)cccc2OC)n1. The van der Waals surface area contributed by atoms with Gasteiger partial charge in [0.15, 0.2) is 0 Å². The van der Waals surface area contributed by atoms with E-state index in [1.807, 2.05) is 18.2 Å². The van der Waals surface area contributed by atoms with Crippen LogP contribution in [0.25, 0.3) is 10.6 Å². The molecule has 0 aliphatic carbocycles. The van der Waals surface area contributed by atoms with Gasteiger partial charge in [-0.15, -0.1) is 11.3 Å². The summed E-state index contributed by atoms with van der Waals surface area (Å²) in [6, 6.07) is 5.89. The first kappa shape index (κ1) is 15.3. The lowest BCUT2D eigenvalue weighted by atomic mass is 10.2. The van der Waals surface area contributed by atoms with Crippen molar-refractivity contribution in [2.45, 2.75) is 26.3 Å². The molecular formula is C15H19ClN2OS. The van der Waals surface area contributed by atoms with Gasteiger partial charge in [0.05, 0.1) is 23.4 Å². The number of benzene rings is 1. The van der Waals surface area contributed by atoms with Gasteiger partial charge in [0.1, 0.15) is 10.8 Å². The molecule has 108 valence electrons. The second-order valence-electron chi connectivity index (χ2n) is 4.57. The molecule has 0 radical (unpaired) electrons. The number of nitrogens with one attached hydrogen (secondary N) is 1.